The number of carbonyl (C=O) groups excluding carboxylic acids is 2. The highest BCUT2D eigenvalue weighted by atomic mass is 16.5. The molecule has 0 saturated carbocycles. The molecule has 8 heteroatoms. The average molecular weight is 301 g/mol. The van der Waals surface area contributed by atoms with Gasteiger partial charge in [0.15, 0.2) is 0 Å². The molecule has 120 valence electrons. The molecule has 0 aromatic carbocycles. The Morgan fingerprint density at radius 2 is 2.00 bits per heavy atom. The smallest absolute Gasteiger partial charge is 0.320 e. The van der Waals surface area contributed by atoms with Gasteiger partial charge in [-0.1, -0.05) is 0 Å². The van der Waals surface area contributed by atoms with Crippen LogP contribution in [0.5, 0.6) is 0 Å². The monoisotopic (exact) mass is 301 g/mol. The number of aliphatic carboxylic acids is 1. The third-order valence-corrected chi connectivity index (χ3v) is 3.36. The van der Waals surface area contributed by atoms with Crippen LogP contribution in [0.25, 0.3) is 0 Å². The van der Waals surface area contributed by atoms with E-state index in [9.17, 15) is 14.4 Å². The maximum Gasteiger partial charge on any atom is 0.320 e. The molecule has 1 saturated heterocycles. The Labute approximate surface area is 124 Å². The Morgan fingerprint density at radius 1 is 1.33 bits per heavy atom. The van der Waals surface area contributed by atoms with Crippen LogP contribution in [0.1, 0.15) is 13.3 Å². The summed E-state index contributed by atoms with van der Waals surface area (Å²) in [5.74, 6) is -1.15. The number of amides is 3. The van der Waals surface area contributed by atoms with Gasteiger partial charge >= 0.3 is 12.0 Å². The summed E-state index contributed by atoms with van der Waals surface area (Å²) in [4.78, 5) is 39.5. The summed E-state index contributed by atoms with van der Waals surface area (Å²) in [5, 5.41) is 8.91. The fraction of sp³-hybridized carbons (Fsp3) is 0.769. The van der Waals surface area contributed by atoms with Gasteiger partial charge in [-0.05, 0) is 6.92 Å². The van der Waals surface area contributed by atoms with Crippen LogP contribution in [0, 0.1) is 0 Å². The minimum absolute atomic E-state index is 0.0144. The van der Waals surface area contributed by atoms with Gasteiger partial charge in [-0.2, -0.15) is 0 Å². The van der Waals surface area contributed by atoms with E-state index >= 15 is 0 Å². The molecule has 1 N–H and O–H groups in total. The molecule has 21 heavy (non-hydrogen) atoms. The van der Waals surface area contributed by atoms with Crippen molar-refractivity contribution in [3.8, 4) is 0 Å². The van der Waals surface area contributed by atoms with Crippen LogP contribution < -0.4 is 0 Å². The van der Waals surface area contributed by atoms with E-state index in [0.29, 0.717) is 19.7 Å². The second kappa shape index (κ2) is 7.82. The second-order valence-corrected chi connectivity index (χ2v) is 5.10. The van der Waals surface area contributed by atoms with E-state index in [0.717, 1.165) is 0 Å². The topological polar surface area (TPSA) is 90.4 Å². The fourth-order valence-corrected chi connectivity index (χ4v) is 2.08. The normalized spacial score (nSPS) is 18.2. The summed E-state index contributed by atoms with van der Waals surface area (Å²) in [6.07, 6.45) is -0.162. The number of carbonyl (C=O) groups is 3. The van der Waals surface area contributed by atoms with E-state index in [1.165, 1.54) is 14.7 Å². The number of hydrogen-bond donors (Lipinski definition) is 1. The van der Waals surface area contributed by atoms with Crippen molar-refractivity contribution in [2.45, 2.75) is 19.4 Å². The molecule has 1 atom stereocenters. The lowest BCUT2D eigenvalue weighted by molar-refractivity contribution is -0.139. The van der Waals surface area contributed by atoms with Crippen molar-refractivity contribution in [3.05, 3.63) is 0 Å². The van der Waals surface area contributed by atoms with E-state index in [1.807, 2.05) is 0 Å². The Balaban J connectivity index is 2.75. The molecule has 1 aliphatic heterocycles. The lowest BCUT2D eigenvalue weighted by Crippen LogP contribution is -2.55. The Morgan fingerprint density at radius 3 is 2.52 bits per heavy atom. The first-order valence-electron chi connectivity index (χ1n) is 6.92. The number of carboxylic acid groups (broad SMARTS) is 1. The van der Waals surface area contributed by atoms with Crippen molar-refractivity contribution >= 4 is 17.9 Å². The fourth-order valence-electron chi connectivity index (χ4n) is 2.08. The van der Waals surface area contributed by atoms with Gasteiger partial charge in [0.05, 0.1) is 25.7 Å². The van der Waals surface area contributed by atoms with Gasteiger partial charge in [-0.3, -0.25) is 9.59 Å². The molecule has 0 aromatic heterocycles. The van der Waals surface area contributed by atoms with Gasteiger partial charge in [-0.25, -0.2) is 4.79 Å². The first kappa shape index (κ1) is 17.2. The van der Waals surface area contributed by atoms with Crippen LogP contribution in [0.15, 0.2) is 0 Å². The van der Waals surface area contributed by atoms with Gasteiger partial charge in [0.25, 0.3) is 0 Å². The predicted octanol–water partition coefficient (Wildman–Crippen LogP) is -0.308. The van der Waals surface area contributed by atoms with Crippen molar-refractivity contribution in [3.63, 3.8) is 0 Å². The van der Waals surface area contributed by atoms with Gasteiger partial charge in [0.2, 0.25) is 5.91 Å². The van der Waals surface area contributed by atoms with Gasteiger partial charge in [-0.15, -0.1) is 0 Å². The van der Waals surface area contributed by atoms with Crippen molar-refractivity contribution in [1.29, 1.82) is 0 Å². The molecule has 0 aliphatic carbocycles. The third kappa shape index (κ3) is 4.89. The van der Waals surface area contributed by atoms with E-state index in [1.54, 1.807) is 21.0 Å². The number of carboxylic acids is 1. The average Bonchev–Trinajstić information content (AvgIpc) is 2.43. The number of likely N-dealkylation sites (N-methyl/N-ethyl adjacent to an activating group) is 2. The highest BCUT2D eigenvalue weighted by Gasteiger charge is 2.32. The van der Waals surface area contributed by atoms with Crippen LogP contribution >= 0.6 is 0 Å². The third-order valence-electron chi connectivity index (χ3n) is 3.36. The highest BCUT2D eigenvalue weighted by Crippen LogP contribution is 2.13. The quantitative estimate of drug-likeness (QED) is 0.752. The molecule has 0 radical (unpaired) electrons. The first-order valence-corrected chi connectivity index (χ1v) is 6.92. The van der Waals surface area contributed by atoms with Crippen molar-refractivity contribution in [2.75, 3.05) is 46.9 Å². The molecular formula is C13H23N3O5. The Hall–Kier alpha value is -1.83. The van der Waals surface area contributed by atoms with Gasteiger partial charge in [0.1, 0.15) is 6.54 Å². The van der Waals surface area contributed by atoms with Crippen molar-refractivity contribution < 1.29 is 24.2 Å². The summed E-state index contributed by atoms with van der Waals surface area (Å²) >= 11 is 0. The molecule has 0 bridgehead atoms. The Kier molecular flexibility index (Phi) is 6.41. The molecule has 0 aromatic rings. The molecule has 1 unspecified atom stereocenters. The van der Waals surface area contributed by atoms with E-state index in [-0.39, 0.29) is 31.5 Å². The summed E-state index contributed by atoms with van der Waals surface area (Å²) in [5.41, 5.74) is 0. The van der Waals surface area contributed by atoms with Crippen LogP contribution in [0.4, 0.5) is 4.79 Å². The highest BCUT2D eigenvalue weighted by molar-refractivity contribution is 5.84. The minimum atomic E-state index is -0.976. The number of urea groups is 1. The molecule has 3 amide bonds. The molecule has 1 fully saturated rings. The van der Waals surface area contributed by atoms with E-state index in [2.05, 4.69) is 0 Å². The SMILES string of the molecule is CCN(CC(=O)N(C)C)C(=O)N1CCOCC1CC(=O)O. The maximum atomic E-state index is 12.5. The molecule has 8 nitrogen and oxygen atoms in total. The zero-order valence-electron chi connectivity index (χ0n) is 12.7. The van der Waals surface area contributed by atoms with E-state index in [4.69, 9.17) is 9.84 Å². The standard InChI is InChI=1S/C13H23N3O5/c1-4-15(8-11(17)14(2)3)13(20)16-5-6-21-9-10(16)7-12(18)19/h10H,4-9H2,1-3H3,(H,18,19). The zero-order chi connectivity index (χ0) is 16.0. The largest absolute Gasteiger partial charge is 0.481 e. The molecule has 1 aliphatic rings. The second-order valence-electron chi connectivity index (χ2n) is 5.10. The summed E-state index contributed by atoms with van der Waals surface area (Å²) in [6, 6.07) is -0.811. The van der Waals surface area contributed by atoms with Gasteiger partial charge in [0, 0.05) is 27.2 Å². The maximum absolute atomic E-state index is 12.5. The number of ether oxygens (including phenoxy) is 1. The zero-order valence-corrected chi connectivity index (χ0v) is 12.7. The van der Waals surface area contributed by atoms with Crippen LogP contribution in [-0.4, -0.2) is 90.7 Å². The lowest BCUT2D eigenvalue weighted by atomic mass is 10.1. The number of morpholine rings is 1. The Bertz CT molecular complexity index is 399. The molecule has 0 spiro atoms. The first-order chi connectivity index (χ1) is 9.86. The van der Waals surface area contributed by atoms with Crippen molar-refractivity contribution in [1.82, 2.24) is 14.7 Å². The molecule has 1 heterocycles. The number of nitrogens with zero attached hydrogens (tertiary/aromatic N) is 3. The lowest BCUT2D eigenvalue weighted by Gasteiger charge is -2.38. The summed E-state index contributed by atoms with van der Waals surface area (Å²) in [7, 11) is 3.26. The van der Waals surface area contributed by atoms with Crippen LogP contribution in [0.3, 0.4) is 0 Å². The van der Waals surface area contributed by atoms with E-state index < -0.39 is 12.0 Å². The molecular weight excluding hydrogens is 278 g/mol. The molecule has 1 rings (SSSR count). The van der Waals surface area contributed by atoms with Crippen LogP contribution in [-0.2, 0) is 14.3 Å². The van der Waals surface area contributed by atoms with Gasteiger partial charge < -0.3 is 24.5 Å². The number of hydrogen-bond acceptors (Lipinski definition) is 4. The summed E-state index contributed by atoms with van der Waals surface area (Å²) in [6.45, 7) is 3.07. The predicted molar refractivity (Wildman–Crippen MR) is 74.9 cm³/mol. The van der Waals surface area contributed by atoms with Crippen LogP contribution in [0.2, 0.25) is 0 Å². The summed E-state index contributed by atoms with van der Waals surface area (Å²) < 4.78 is 5.25. The minimum Gasteiger partial charge on any atom is -0.481 e. The number of rotatable bonds is 5. The van der Waals surface area contributed by atoms with Crippen molar-refractivity contribution in [2.24, 2.45) is 0 Å².